The van der Waals surface area contributed by atoms with E-state index in [2.05, 4.69) is 26.0 Å². The van der Waals surface area contributed by atoms with E-state index in [9.17, 15) is 18.0 Å². The second kappa shape index (κ2) is 7.33. The van der Waals surface area contributed by atoms with Gasteiger partial charge in [-0.3, -0.25) is 0 Å². The van der Waals surface area contributed by atoms with E-state index in [1.54, 1.807) is 6.92 Å². The fraction of sp³-hybridized carbons (Fsp3) is 0.308. The predicted molar refractivity (Wildman–Crippen MR) is 73.4 cm³/mol. The minimum Gasteiger partial charge on any atom is -0.463 e. The smallest absolute Gasteiger partial charge is 0.417 e. The first-order valence-electron chi connectivity index (χ1n) is 5.78. The van der Waals surface area contributed by atoms with Gasteiger partial charge in [-0.05, 0) is 25.1 Å². The molecule has 0 saturated carbocycles. The molecule has 0 fully saturated rings. The van der Waals surface area contributed by atoms with E-state index in [0.29, 0.717) is 5.69 Å². The SMILES string of the molecule is CCOC(=O)/C=C/CNc1ccc(Br)c(C(F)(F)F)c1. The summed E-state index contributed by atoms with van der Waals surface area (Å²) < 4.78 is 42.7. The van der Waals surface area contributed by atoms with E-state index < -0.39 is 17.7 Å². The lowest BCUT2D eigenvalue weighted by atomic mass is 10.2. The van der Waals surface area contributed by atoms with Crippen LogP contribution in [-0.2, 0) is 15.7 Å². The maximum Gasteiger partial charge on any atom is 0.417 e. The summed E-state index contributed by atoms with van der Waals surface area (Å²) in [4.78, 5) is 11.0. The third kappa shape index (κ3) is 5.24. The molecule has 0 aliphatic heterocycles. The van der Waals surface area contributed by atoms with Crippen LogP contribution in [0.5, 0.6) is 0 Å². The van der Waals surface area contributed by atoms with E-state index in [1.165, 1.54) is 24.3 Å². The van der Waals surface area contributed by atoms with Crippen molar-refractivity contribution in [2.75, 3.05) is 18.5 Å². The maximum atomic E-state index is 12.7. The number of anilines is 1. The number of nitrogens with one attached hydrogen (secondary N) is 1. The molecule has 7 heteroatoms. The fourth-order valence-corrected chi connectivity index (χ4v) is 1.85. The summed E-state index contributed by atoms with van der Waals surface area (Å²) in [5.74, 6) is -0.485. The Labute approximate surface area is 122 Å². The Kier molecular flexibility index (Phi) is 6.06. The fourth-order valence-electron chi connectivity index (χ4n) is 1.37. The molecule has 0 unspecified atom stereocenters. The number of halogens is 4. The largest absolute Gasteiger partial charge is 0.463 e. The molecule has 1 aromatic carbocycles. The maximum absolute atomic E-state index is 12.7. The summed E-state index contributed by atoms with van der Waals surface area (Å²) >= 11 is 2.86. The number of hydrogen-bond donors (Lipinski definition) is 1. The highest BCUT2D eigenvalue weighted by atomic mass is 79.9. The number of benzene rings is 1. The normalized spacial score (nSPS) is 11.7. The quantitative estimate of drug-likeness (QED) is 0.643. The summed E-state index contributed by atoms with van der Waals surface area (Å²) in [6.07, 6.45) is -1.72. The van der Waals surface area contributed by atoms with Crippen LogP contribution in [0.3, 0.4) is 0 Å². The number of rotatable bonds is 5. The second-order valence-corrected chi connectivity index (χ2v) is 4.58. The molecule has 0 heterocycles. The molecule has 1 N–H and O–H groups in total. The van der Waals surface area contributed by atoms with Crippen LogP contribution in [-0.4, -0.2) is 19.1 Å². The standard InChI is InChI=1S/C13H13BrF3NO2/c1-2-20-12(19)4-3-7-18-9-5-6-11(14)10(8-9)13(15,16)17/h3-6,8,18H,2,7H2,1H3/b4-3+. The van der Waals surface area contributed by atoms with Crippen molar-refractivity contribution in [2.24, 2.45) is 0 Å². The Morgan fingerprint density at radius 2 is 2.15 bits per heavy atom. The first-order chi connectivity index (χ1) is 9.34. The van der Waals surface area contributed by atoms with E-state index in [-0.39, 0.29) is 17.6 Å². The van der Waals surface area contributed by atoms with Gasteiger partial charge in [0.25, 0.3) is 0 Å². The van der Waals surface area contributed by atoms with Crippen molar-refractivity contribution in [1.82, 2.24) is 0 Å². The predicted octanol–water partition coefficient (Wildman–Crippen LogP) is 4.00. The number of carbonyl (C=O) groups is 1. The first-order valence-corrected chi connectivity index (χ1v) is 6.57. The molecule has 1 rings (SSSR count). The van der Waals surface area contributed by atoms with Gasteiger partial charge in [-0.2, -0.15) is 13.2 Å². The van der Waals surface area contributed by atoms with E-state index in [1.807, 2.05) is 0 Å². The Hall–Kier alpha value is -1.50. The van der Waals surface area contributed by atoms with E-state index in [0.717, 1.165) is 6.07 Å². The van der Waals surface area contributed by atoms with Crippen molar-refractivity contribution in [3.63, 3.8) is 0 Å². The summed E-state index contributed by atoms with van der Waals surface area (Å²) in [5.41, 5.74) is -0.439. The molecular formula is C13H13BrF3NO2. The molecule has 110 valence electrons. The summed E-state index contributed by atoms with van der Waals surface area (Å²) in [6, 6.07) is 3.83. The van der Waals surface area contributed by atoms with Gasteiger partial charge in [0.15, 0.2) is 0 Å². The van der Waals surface area contributed by atoms with Crippen LogP contribution in [0.1, 0.15) is 12.5 Å². The van der Waals surface area contributed by atoms with Crippen molar-refractivity contribution < 1.29 is 22.7 Å². The highest BCUT2D eigenvalue weighted by Gasteiger charge is 2.33. The van der Waals surface area contributed by atoms with Crippen molar-refractivity contribution in [3.05, 3.63) is 40.4 Å². The topological polar surface area (TPSA) is 38.3 Å². The van der Waals surface area contributed by atoms with Gasteiger partial charge in [0.05, 0.1) is 12.2 Å². The van der Waals surface area contributed by atoms with Crippen molar-refractivity contribution in [1.29, 1.82) is 0 Å². The Morgan fingerprint density at radius 3 is 2.75 bits per heavy atom. The van der Waals surface area contributed by atoms with Crippen LogP contribution in [0, 0.1) is 0 Å². The molecule has 0 saturated heterocycles. The molecule has 20 heavy (non-hydrogen) atoms. The lowest BCUT2D eigenvalue weighted by Gasteiger charge is -2.11. The highest BCUT2D eigenvalue weighted by molar-refractivity contribution is 9.10. The molecule has 0 aliphatic carbocycles. The lowest BCUT2D eigenvalue weighted by molar-refractivity contribution is -0.138. The average molecular weight is 352 g/mol. The van der Waals surface area contributed by atoms with E-state index >= 15 is 0 Å². The van der Waals surface area contributed by atoms with Gasteiger partial charge in [-0.15, -0.1) is 0 Å². The summed E-state index contributed by atoms with van der Waals surface area (Å²) in [6.45, 7) is 2.18. The number of hydrogen-bond acceptors (Lipinski definition) is 3. The third-order valence-electron chi connectivity index (χ3n) is 2.24. The van der Waals surface area contributed by atoms with Gasteiger partial charge < -0.3 is 10.1 Å². The van der Waals surface area contributed by atoms with Crippen LogP contribution < -0.4 is 5.32 Å². The van der Waals surface area contributed by atoms with Gasteiger partial charge in [0.1, 0.15) is 0 Å². The Bertz CT molecular complexity index is 501. The number of esters is 1. The molecule has 1 aromatic rings. The van der Waals surface area contributed by atoms with Gasteiger partial charge in [-0.25, -0.2) is 4.79 Å². The Balaban J connectivity index is 2.64. The van der Waals surface area contributed by atoms with Crippen LogP contribution in [0.2, 0.25) is 0 Å². The van der Waals surface area contributed by atoms with Crippen molar-refractivity contribution >= 4 is 27.6 Å². The number of ether oxygens (including phenoxy) is 1. The summed E-state index contributed by atoms with van der Waals surface area (Å²) in [5, 5.41) is 2.77. The zero-order chi connectivity index (χ0) is 15.2. The molecule has 0 atom stereocenters. The van der Waals surface area contributed by atoms with Crippen LogP contribution in [0.25, 0.3) is 0 Å². The molecule has 3 nitrogen and oxygen atoms in total. The Morgan fingerprint density at radius 1 is 1.45 bits per heavy atom. The minimum absolute atomic E-state index is 0.0161. The molecule has 0 radical (unpaired) electrons. The second-order valence-electron chi connectivity index (χ2n) is 3.73. The molecule has 0 aromatic heterocycles. The van der Waals surface area contributed by atoms with Gasteiger partial charge in [0, 0.05) is 22.8 Å². The number of carbonyl (C=O) groups excluding carboxylic acids is 1. The van der Waals surface area contributed by atoms with E-state index in [4.69, 9.17) is 0 Å². The minimum atomic E-state index is -4.42. The molecule has 0 bridgehead atoms. The molecule has 0 aliphatic rings. The monoisotopic (exact) mass is 351 g/mol. The molecular weight excluding hydrogens is 339 g/mol. The zero-order valence-electron chi connectivity index (χ0n) is 10.6. The average Bonchev–Trinajstić information content (AvgIpc) is 2.35. The highest BCUT2D eigenvalue weighted by Crippen LogP contribution is 2.36. The summed E-state index contributed by atoms with van der Waals surface area (Å²) in [7, 11) is 0. The lowest BCUT2D eigenvalue weighted by Crippen LogP contribution is -2.08. The van der Waals surface area contributed by atoms with Gasteiger partial charge in [0.2, 0.25) is 0 Å². The van der Waals surface area contributed by atoms with Crippen LogP contribution in [0.15, 0.2) is 34.8 Å². The first kappa shape index (κ1) is 16.6. The van der Waals surface area contributed by atoms with Crippen LogP contribution in [0.4, 0.5) is 18.9 Å². The van der Waals surface area contributed by atoms with Crippen LogP contribution >= 0.6 is 15.9 Å². The third-order valence-corrected chi connectivity index (χ3v) is 2.93. The van der Waals surface area contributed by atoms with Crippen molar-refractivity contribution in [2.45, 2.75) is 13.1 Å². The number of alkyl halides is 3. The molecule has 0 amide bonds. The van der Waals surface area contributed by atoms with Crippen molar-refractivity contribution in [3.8, 4) is 0 Å². The molecule has 0 spiro atoms. The zero-order valence-corrected chi connectivity index (χ0v) is 12.2. The van der Waals surface area contributed by atoms with Gasteiger partial charge >= 0.3 is 12.1 Å². The van der Waals surface area contributed by atoms with Gasteiger partial charge in [-0.1, -0.05) is 22.0 Å².